The Kier molecular flexibility index (Phi) is 7.38. The molecule has 1 aromatic carbocycles. The molecule has 0 aliphatic carbocycles. The zero-order valence-electron chi connectivity index (χ0n) is 19.6. The van der Waals surface area contributed by atoms with E-state index in [1.807, 2.05) is 35.1 Å². The largest absolute Gasteiger partial charge is 0.388 e. The maximum Gasteiger partial charge on any atom is 0.277 e. The quantitative estimate of drug-likeness (QED) is 0.371. The molecule has 1 N–H and O–H groups in total. The first-order chi connectivity index (χ1) is 17.5. The van der Waals surface area contributed by atoms with Crippen molar-refractivity contribution < 1.29 is 14.4 Å². The Morgan fingerprint density at radius 2 is 1.89 bits per heavy atom. The highest BCUT2D eigenvalue weighted by atomic mass is 35.5. The zero-order valence-corrected chi connectivity index (χ0v) is 21.1. The SMILES string of the molecule is CC(On1nc(C(=O)Nc2cnn(CCN3CCOCC3)c2)c2ccccc21)c1c(Cl)cncc1Cl. The molecule has 0 spiro atoms. The van der Waals surface area contributed by atoms with Crippen LogP contribution in [0.1, 0.15) is 29.1 Å². The van der Waals surface area contributed by atoms with E-state index in [1.165, 1.54) is 17.2 Å². The number of rotatable bonds is 8. The predicted molar refractivity (Wildman–Crippen MR) is 136 cm³/mol. The Bertz CT molecular complexity index is 1350. The van der Waals surface area contributed by atoms with Gasteiger partial charge in [0.15, 0.2) is 11.8 Å². The van der Waals surface area contributed by atoms with Crippen LogP contribution in [0, 0.1) is 0 Å². The van der Waals surface area contributed by atoms with Gasteiger partial charge in [-0.05, 0) is 13.0 Å². The van der Waals surface area contributed by atoms with Gasteiger partial charge in [-0.2, -0.15) is 5.10 Å². The highest BCUT2D eigenvalue weighted by Gasteiger charge is 2.22. The van der Waals surface area contributed by atoms with Gasteiger partial charge < -0.3 is 14.9 Å². The number of amides is 1. The maximum atomic E-state index is 13.2. The van der Waals surface area contributed by atoms with Gasteiger partial charge >= 0.3 is 0 Å². The van der Waals surface area contributed by atoms with Gasteiger partial charge in [0.2, 0.25) is 0 Å². The fourth-order valence-electron chi connectivity index (χ4n) is 4.11. The molecule has 1 fully saturated rings. The lowest BCUT2D eigenvalue weighted by molar-refractivity contribution is 0.0321. The molecule has 1 amide bonds. The number of fused-ring (bicyclic) bond motifs is 1. The minimum absolute atomic E-state index is 0.228. The summed E-state index contributed by atoms with van der Waals surface area (Å²) in [6.07, 6.45) is 5.90. The van der Waals surface area contributed by atoms with Crippen LogP contribution in [-0.4, -0.2) is 68.4 Å². The molecule has 1 unspecified atom stereocenters. The predicted octanol–water partition coefficient (Wildman–Crippen LogP) is 3.71. The summed E-state index contributed by atoms with van der Waals surface area (Å²) in [4.78, 5) is 26.9. The number of aromatic nitrogens is 5. The van der Waals surface area contributed by atoms with Crippen molar-refractivity contribution in [2.24, 2.45) is 0 Å². The Morgan fingerprint density at radius 1 is 1.14 bits per heavy atom. The second kappa shape index (κ2) is 10.8. The first kappa shape index (κ1) is 24.5. The summed E-state index contributed by atoms with van der Waals surface area (Å²) in [5, 5.41) is 13.1. The second-order valence-corrected chi connectivity index (χ2v) is 9.22. The molecule has 1 aliphatic rings. The van der Waals surface area contributed by atoms with Crippen LogP contribution in [0.5, 0.6) is 0 Å². The van der Waals surface area contributed by atoms with E-state index in [9.17, 15) is 4.79 Å². The van der Waals surface area contributed by atoms with Gasteiger partial charge in [0.1, 0.15) is 5.52 Å². The highest BCUT2D eigenvalue weighted by molar-refractivity contribution is 6.35. The lowest BCUT2D eigenvalue weighted by Crippen LogP contribution is -2.38. The van der Waals surface area contributed by atoms with E-state index in [0.717, 1.165) is 39.4 Å². The van der Waals surface area contributed by atoms with Crippen molar-refractivity contribution in [1.82, 2.24) is 29.6 Å². The van der Waals surface area contributed by atoms with Crippen LogP contribution in [-0.2, 0) is 11.3 Å². The molecule has 0 bridgehead atoms. The molecule has 36 heavy (non-hydrogen) atoms. The average Bonchev–Trinajstić information content (AvgIpc) is 3.48. The molecule has 1 aliphatic heterocycles. The zero-order chi connectivity index (χ0) is 25.1. The van der Waals surface area contributed by atoms with Gasteiger partial charge in [-0.3, -0.25) is 19.4 Å². The minimum Gasteiger partial charge on any atom is -0.388 e. The maximum absolute atomic E-state index is 13.2. The van der Waals surface area contributed by atoms with Crippen LogP contribution >= 0.6 is 23.2 Å². The van der Waals surface area contributed by atoms with Crippen molar-refractivity contribution in [3.05, 3.63) is 70.4 Å². The number of morpholine rings is 1. The Labute approximate surface area is 217 Å². The van der Waals surface area contributed by atoms with Gasteiger partial charge in [0, 0.05) is 49.2 Å². The highest BCUT2D eigenvalue weighted by Crippen LogP contribution is 2.30. The van der Waals surface area contributed by atoms with Crippen molar-refractivity contribution >= 4 is 45.7 Å². The Morgan fingerprint density at radius 3 is 2.67 bits per heavy atom. The van der Waals surface area contributed by atoms with Crippen molar-refractivity contribution in [1.29, 1.82) is 0 Å². The fraction of sp³-hybridized carbons (Fsp3) is 0.333. The molecule has 1 atom stereocenters. The van der Waals surface area contributed by atoms with Gasteiger partial charge in [-0.15, -0.1) is 5.10 Å². The van der Waals surface area contributed by atoms with E-state index in [1.54, 1.807) is 13.1 Å². The molecule has 4 heterocycles. The van der Waals surface area contributed by atoms with E-state index < -0.39 is 6.10 Å². The number of ether oxygens (including phenoxy) is 1. The molecule has 10 nitrogen and oxygen atoms in total. The number of hydrogen-bond donors (Lipinski definition) is 1. The number of halogens is 2. The molecule has 3 aromatic heterocycles. The molecule has 0 radical (unpaired) electrons. The number of para-hydroxylation sites is 1. The van der Waals surface area contributed by atoms with Crippen LogP contribution in [0.4, 0.5) is 5.69 Å². The van der Waals surface area contributed by atoms with Crippen molar-refractivity contribution in [3.8, 4) is 0 Å². The summed E-state index contributed by atoms with van der Waals surface area (Å²) in [5.41, 5.74) is 2.04. The Balaban J connectivity index is 1.31. The second-order valence-electron chi connectivity index (χ2n) is 8.40. The molecule has 188 valence electrons. The number of anilines is 1. The summed E-state index contributed by atoms with van der Waals surface area (Å²) in [6.45, 7) is 6.74. The van der Waals surface area contributed by atoms with Crippen LogP contribution in [0.15, 0.2) is 49.1 Å². The van der Waals surface area contributed by atoms with E-state index >= 15 is 0 Å². The number of hydrogen-bond acceptors (Lipinski definition) is 7. The normalized spacial score (nSPS) is 15.2. The molecule has 12 heteroatoms. The third-order valence-electron chi connectivity index (χ3n) is 5.97. The van der Waals surface area contributed by atoms with Gasteiger partial charge in [-0.25, -0.2) is 0 Å². The number of nitrogens with one attached hydrogen (secondary N) is 1. The number of benzene rings is 1. The number of carbonyl (C=O) groups excluding carboxylic acids is 1. The minimum atomic E-state index is -0.545. The lowest BCUT2D eigenvalue weighted by Gasteiger charge is -2.26. The van der Waals surface area contributed by atoms with Crippen molar-refractivity contribution in [2.45, 2.75) is 19.6 Å². The van der Waals surface area contributed by atoms with Gasteiger partial charge in [0.25, 0.3) is 5.91 Å². The van der Waals surface area contributed by atoms with Crippen molar-refractivity contribution in [2.75, 3.05) is 38.2 Å². The number of pyridine rings is 1. The molecular weight excluding hydrogens is 505 g/mol. The standard InChI is InChI=1S/C24H25Cl2N7O3/c1-16(22-19(25)13-27-14-20(22)26)36-33-21-5-3-2-4-18(21)23(30-33)24(34)29-17-12-28-32(15-17)7-6-31-8-10-35-11-9-31/h2-5,12-16H,6-11H2,1H3,(H,29,34). The van der Waals surface area contributed by atoms with Crippen LogP contribution in [0.25, 0.3) is 10.9 Å². The monoisotopic (exact) mass is 529 g/mol. The number of nitrogens with zero attached hydrogens (tertiary/aromatic N) is 6. The molecule has 4 aromatic rings. The van der Waals surface area contributed by atoms with E-state index in [0.29, 0.717) is 32.2 Å². The third kappa shape index (κ3) is 5.31. The first-order valence-electron chi connectivity index (χ1n) is 11.6. The summed E-state index contributed by atoms with van der Waals surface area (Å²) in [5.74, 6) is -0.367. The molecule has 5 rings (SSSR count). The fourth-order valence-corrected chi connectivity index (χ4v) is 4.78. The Hall–Kier alpha value is -3.18. The summed E-state index contributed by atoms with van der Waals surface area (Å²) >= 11 is 12.6. The van der Waals surface area contributed by atoms with E-state index in [4.69, 9.17) is 32.8 Å². The van der Waals surface area contributed by atoms with E-state index in [2.05, 4.69) is 25.4 Å². The summed E-state index contributed by atoms with van der Waals surface area (Å²) in [7, 11) is 0. The summed E-state index contributed by atoms with van der Waals surface area (Å²) in [6, 6.07) is 7.33. The van der Waals surface area contributed by atoms with Crippen LogP contribution in [0.2, 0.25) is 10.0 Å². The molecular formula is C24H25Cl2N7O3. The average molecular weight is 530 g/mol. The molecule has 1 saturated heterocycles. The van der Waals surface area contributed by atoms with Gasteiger partial charge in [-0.1, -0.05) is 46.2 Å². The lowest BCUT2D eigenvalue weighted by atomic mass is 10.2. The van der Waals surface area contributed by atoms with E-state index in [-0.39, 0.29) is 11.6 Å². The first-order valence-corrected chi connectivity index (χ1v) is 12.3. The summed E-state index contributed by atoms with van der Waals surface area (Å²) < 4.78 is 7.20. The third-order valence-corrected chi connectivity index (χ3v) is 6.57. The smallest absolute Gasteiger partial charge is 0.277 e. The van der Waals surface area contributed by atoms with Crippen molar-refractivity contribution in [3.63, 3.8) is 0 Å². The van der Waals surface area contributed by atoms with Crippen LogP contribution < -0.4 is 10.2 Å². The van der Waals surface area contributed by atoms with Gasteiger partial charge in [0.05, 0.1) is 41.7 Å². The van der Waals surface area contributed by atoms with Crippen LogP contribution in [0.3, 0.4) is 0 Å². The molecule has 0 saturated carbocycles. The topological polar surface area (TPSA) is 99.3 Å². The number of carbonyl (C=O) groups is 1.